The van der Waals surface area contributed by atoms with Crippen molar-refractivity contribution in [3.05, 3.63) is 48.6 Å². The molecule has 0 spiro atoms. The van der Waals surface area contributed by atoms with E-state index in [1.54, 1.807) is 0 Å². The molecule has 0 radical (unpaired) electrons. The lowest BCUT2D eigenvalue weighted by Crippen LogP contribution is -2.50. The molecule has 294 valence electrons. The monoisotopic (exact) mass is 719 g/mol. The van der Waals surface area contributed by atoms with Crippen molar-refractivity contribution in [2.24, 2.45) is 0 Å². The molecule has 0 saturated carbocycles. The Morgan fingerprint density at radius 2 is 1.10 bits per heavy atom. The lowest BCUT2D eigenvalue weighted by atomic mass is 10.1. The van der Waals surface area contributed by atoms with Crippen LogP contribution in [-0.2, 0) is 28.6 Å². The second-order valence-electron chi connectivity index (χ2n) is 14.5. The van der Waals surface area contributed by atoms with Crippen LogP contribution >= 0.6 is 0 Å². The number of quaternary nitrogens is 1. The Labute approximate surface area is 312 Å². The summed E-state index contributed by atoms with van der Waals surface area (Å²) >= 11 is 0. The molecular formula is C43H76NO7+. The van der Waals surface area contributed by atoms with E-state index < -0.39 is 18.1 Å². The van der Waals surface area contributed by atoms with Crippen LogP contribution in [0.3, 0.4) is 0 Å². The maximum atomic E-state index is 12.7. The van der Waals surface area contributed by atoms with Crippen molar-refractivity contribution in [3.63, 3.8) is 0 Å². The predicted octanol–water partition coefficient (Wildman–Crippen LogP) is 10.5. The second-order valence-corrected chi connectivity index (χ2v) is 14.5. The molecule has 8 heteroatoms. The number of rotatable bonds is 35. The molecule has 1 N–H and O–H groups in total. The number of carbonyl (C=O) groups excluding carboxylic acids is 2. The Morgan fingerprint density at radius 1 is 0.608 bits per heavy atom. The van der Waals surface area contributed by atoms with Crippen molar-refractivity contribution in [1.82, 2.24) is 0 Å². The largest absolute Gasteiger partial charge is 0.477 e. The predicted molar refractivity (Wildman–Crippen MR) is 211 cm³/mol. The Morgan fingerprint density at radius 3 is 1.63 bits per heavy atom. The summed E-state index contributed by atoms with van der Waals surface area (Å²) in [5.41, 5.74) is 0. The highest BCUT2D eigenvalue weighted by atomic mass is 16.6. The molecule has 51 heavy (non-hydrogen) atoms. The molecule has 8 nitrogen and oxygen atoms in total. The maximum absolute atomic E-state index is 12.7. The van der Waals surface area contributed by atoms with Gasteiger partial charge in [0.2, 0.25) is 0 Å². The molecule has 2 unspecified atom stereocenters. The summed E-state index contributed by atoms with van der Waals surface area (Å²) in [7, 11) is 5.50. The van der Waals surface area contributed by atoms with E-state index in [0.29, 0.717) is 19.3 Å². The van der Waals surface area contributed by atoms with Gasteiger partial charge in [-0.2, -0.15) is 0 Å². The molecule has 0 aliphatic carbocycles. The third kappa shape index (κ3) is 32.9. The van der Waals surface area contributed by atoms with Gasteiger partial charge >= 0.3 is 17.9 Å². The van der Waals surface area contributed by atoms with Gasteiger partial charge in [-0.25, -0.2) is 4.79 Å². The van der Waals surface area contributed by atoms with Crippen molar-refractivity contribution in [2.75, 3.05) is 41.0 Å². The van der Waals surface area contributed by atoms with E-state index in [0.717, 1.165) is 70.6 Å². The van der Waals surface area contributed by atoms with Gasteiger partial charge in [0.15, 0.2) is 12.1 Å². The Kier molecular flexibility index (Phi) is 32.6. The normalized spacial score (nSPS) is 13.5. The molecule has 0 aliphatic heterocycles. The Hall–Kier alpha value is -2.71. The summed E-state index contributed by atoms with van der Waals surface area (Å²) in [6.45, 7) is 4.57. The molecule has 0 aliphatic rings. The van der Waals surface area contributed by atoms with Crippen molar-refractivity contribution in [1.29, 1.82) is 0 Å². The third-order valence-electron chi connectivity index (χ3n) is 8.74. The van der Waals surface area contributed by atoms with Crippen LogP contribution in [-0.4, -0.2) is 80.6 Å². The van der Waals surface area contributed by atoms with Crippen LogP contribution in [0, 0.1) is 0 Å². The van der Waals surface area contributed by atoms with Crippen LogP contribution in [0.1, 0.15) is 155 Å². The minimum Gasteiger partial charge on any atom is -0.477 e. The average molecular weight is 719 g/mol. The molecule has 0 fully saturated rings. The highest BCUT2D eigenvalue weighted by Gasteiger charge is 2.31. The number of carboxylic acid groups (broad SMARTS) is 1. The van der Waals surface area contributed by atoms with E-state index in [9.17, 15) is 19.5 Å². The number of hydrogen-bond donors (Lipinski definition) is 1. The lowest BCUT2D eigenvalue weighted by molar-refractivity contribution is -0.887. The zero-order valence-electron chi connectivity index (χ0n) is 33.3. The fourth-order valence-electron chi connectivity index (χ4n) is 5.61. The standard InChI is InChI=1S/C43H75NO7/c1-6-8-10-12-14-16-18-19-20-21-22-24-26-28-30-32-34-42(46)51-39(37-49-36-35-40(43(47)48)44(3,4)5)38-50-41(45)33-31-29-27-25-23-17-15-13-11-9-7-2/h8,10,14,16,19-20,22,24,39-40H,6-7,9,11-13,15,17-18,21,23,25-38H2,1-5H3/p+1/b10-8+,16-14+,20-19+,24-22+. The molecule has 0 aromatic rings. The van der Waals surface area contributed by atoms with Gasteiger partial charge in [0.05, 0.1) is 34.4 Å². The van der Waals surface area contributed by atoms with E-state index in [4.69, 9.17) is 14.2 Å². The molecule has 0 rings (SSSR count). The number of carboxylic acids is 1. The van der Waals surface area contributed by atoms with E-state index in [1.165, 1.54) is 51.4 Å². The van der Waals surface area contributed by atoms with Crippen LogP contribution in [0.2, 0.25) is 0 Å². The number of carbonyl (C=O) groups is 3. The first-order valence-corrected chi connectivity index (χ1v) is 20.2. The van der Waals surface area contributed by atoms with E-state index >= 15 is 0 Å². The molecular weight excluding hydrogens is 642 g/mol. The molecule has 0 amide bonds. The van der Waals surface area contributed by atoms with Crippen molar-refractivity contribution >= 4 is 17.9 Å². The quantitative estimate of drug-likeness (QED) is 0.0301. The summed E-state index contributed by atoms with van der Waals surface area (Å²) in [5, 5.41) is 9.59. The fraction of sp³-hybridized carbons (Fsp3) is 0.744. The van der Waals surface area contributed by atoms with Crippen molar-refractivity contribution in [2.45, 2.75) is 167 Å². The van der Waals surface area contributed by atoms with Gasteiger partial charge in [0.25, 0.3) is 0 Å². The van der Waals surface area contributed by atoms with Crippen LogP contribution in [0.5, 0.6) is 0 Å². The summed E-state index contributed by atoms with van der Waals surface area (Å²) in [4.78, 5) is 36.8. The number of likely N-dealkylation sites (N-methyl/N-ethyl adjacent to an activating group) is 1. The average Bonchev–Trinajstić information content (AvgIpc) is 3.08. The van der Waals surface area contributed by atoms with Gasteiger partial charge in [0, 0.05) is 19.3 Å². The number of unbranched alkanes of at least 4 members (excludes halogenated alkanes) is 13. The first-order chi connectivity index (χ1) is 24.6. The van der Waals surface area contributed by atoms with Gasteiger partial charge in [-0.05, 0) is 51.4 Å². The first-order valence-electron chi connectivity index (χ1n) is 20.2. The Balaban J connectivity index is 4.46. The minimum absolute atomic E-state index is 0.0484. The van der Waals surface area contributed by atoms with Gasteiger partial charge < -0.3 is 23.8 Å². The number of esters is 2. The molecule has 0 aromatic carbocycles. The van der Waals surface area contributed by atoms with E-state index in [2.05, 4.69) is 62.5 Å². The number of allylic oxidation sites excluding steroid dienone is 8. The minimum atomic E-state index is -0.882. The zero-order valence-corrected chi connectivity index (χ0v) is 33.3. The molecule has 0 bridgehead atoms. The van der Waals surface area contributed by atoms with Gasteiger partial charge in [-0.1, -0.05) is 133 Å². The van der Waals surface area contributed by atoms with E-state index in [1.807, 2.05) is 21.1 Å². The molecule has 0 aromatic heterocycles. The van der Waals surface area contributed by atoms with Crippen molar-refractivity contribution < 1.29 is 38.2 Å². The van der Waals surface area contributed by atoms with Crippen LogP contribution in [0.25, 0.3) is 0 Å². The number of ether oxygens (including phenoxy) is 3. The first kappa shape index (κ1) is 48.3. The van der Waals surface area contributed by atoms with Gasteiger partial charge in [-0.3, -0.25) is 9.59 Å². The summed E-state index contributed by atoms with van der Waals surface area (Å²) in [5.74, 6) is -1.51. The summed E-state index contributed by atoms with van der Waals surface area (Å²) < 4.78 is 17.2. The second kappa shape index (κ2) is 34.4. The fourth-order valence-corrected chi connectivity index (χ4v) is 5.61. The van der Waals surface area contributed by atoms with Gasteiger partial charge in [0.1, 0.15) is 6.61 Å². The SMILES string of the molecule is CC/C=C/C/C=C/C/C=C/C/C=C/CCCCCC(=O)OC(COCCC(C(=O)O)[N+](C)(C)C)COC(=O)CCCCCCCCCCCCC. The number of aliphatic carboxylic acids is 1. The van der Waals surface area contributed by atoms with E-state index in [-0.39, 0.29) is 36.2 Å². The topological polar surface area (TPSA) is 99.1 Å². The van der Waals surface area contributed by atoms with Crippen LogP contribution in [0.4, 0.5) is 0 Å². The van der Waals surface area contributed by atoms with Crippen LogP contribution < -0.4 is 0 Å². The highest BCUT2D eigenvalue weighted by Crippen LogP contribution is 2.13. The summed E-state index contributed by atoms with van der Waals surface area (Å²) in [6, 6.07) is -0.619. The molecule has 0 saturated heterocycles. The maximum Gasteiger partial charge on any atom is 0.362 e. The Bertz CT molecular complexity index is 979. The number of hydrogen-bond acceptors (Lipinski definition) is 6. The summed E-state index contributed by atoms with van der Waals surface area (Å²) in [6.07, 6.45) is 38.6. The van der Waals surface area contributed by atoms with Crippen molar-refractivity contribution in [3.8, 4) is 0 Å². The van der Waals surface area contributed by atoms with Gasteiger partial charge in [-0.15, -0.1) is 0 Å². The smallest absolute Gasteiger partial charge is 0.362 e. The van der Waals surface area contributed by atoms with Crippen LogP contribution in [0.15, 0.2) is 48.6 Å². The molecule has 0 heterocycles. The number of nitrogens with zero attached hydrogens (tertiary/aromatic N) is 1. The third-order valence-corrected chi connectivity index (χ3v) is 8.74. The zero-order chi connectivity index (χ0) is 37.8. The molecule has 2 atom stereocenters. The lowest BCUT2D eigenvalue weighted by Gasteiger charge is -2.31. The highest BCUT2D eigenvalue weighted by molar-refractivity contribution is 5.72.